The summed E-state index contributed by atoms with van der Waals surface area (Å²) >= 11 is 6.43. The summed E-state index contributed by atoms with van der Waals surface area (Å²) in [6, 6.07) is 29.1. The van der Waals surface area contributed by atoms with Crippen molar-refractivity contribution in [2.45, 2.75) is 0 Å². The van der Waals surface area contributed by atoms with Gasteiger partial charge in [0.15, 0.2) is 10.8 Å². The molecule has 142 valence electrons. The van der Waals surface area contributed by atoms with E-state index >= 15 is 0 Å². The second-order valence-electron chi connectivity index (χ2n) is 7.13. The van der Waals surface area contributed by atoms with Crippen molar-refractivity contribution in [3.8, 4) is 17.1 Å². The number of hydrogen-bond acceptors (Lipinski definition) is 3. The molecule has 0 aliphatic carbocycles. The van der Waals surface area contributed by atoms with E-state index in [9.17, 15) is 0 Å². The molecule has 0 saturated heterocycles. The number of aromatic nitrogens is 4. The van der Waals surface area contributed by atoms with Crippen LogP contribution < -0.4 is 0 Å². The highest BCUT2D eigenvalue weighted by molar-refractivity contribution is 6.33. The van der Waals surface area contributed by atoms with Crippen molar-refractivity contribution < 1.29 is 0 Å². The summed E-state index contributed by atoms with van der Waals surface area (Å²) in [5.74, 6) is 0.792. The topological polar surface area (TPSA) is 43.6 Å². The van der Waals surface area contributed by atoms with Crippen molar-refractivity contribution >= 4 is 44.3 Å². The van der Waals surface area contributed by atoms with Crippen LogP contribution in [0.2, 0.25) is 5.15 Å². The first-order chi connectivity index (χ1) is 14.8. The molecule has 0 saturated carbocycles. The molecular formula is C25H15ClN4. The minimum absolute atomic E-state index is 0.348. The van der Waals surface area contributed by atoms with Gasteiger partial charge in [-0.25, -0.2) is 15.0 Å². The van der Waals surface area contributed by atoms with Gasteiger partial charge in [0.25, 0.3) is 0 Å². The summed E-state index contributed by atoms with van der Waals surface area (Å²) < 4.78 is 2.09. The molecule has 0 bridgehead atoms. The molecule has 0 radical (unpaired) electrons. The second-order valence-corrected chi connectivity index (χ2v) is 7.49. The van der Waals surface area contributed by atoms with Gasteiger partial charge in [0.05, 0.1) is 5.69 Å². The lowest BCUT2D eigenvalue weighted by atomic mass is 10.0. The van der Waals surface area contributed by atoms with Gasteiger partial charge >= 0.3 is 0 Å². The van der Waals surface area contributed by atoms with E-state index in [1.165, 1.54) is 6.33 Å². The van der Waals surface area contributed by atoms with Crippen molar-refractivity contribution in [1.82, 2.24) is 19.5 Å². The van der Waals surface area contributed by atoms with Crippen molar-refractivity contribution in [3.05, 3.63) is 96.4 Å². The third kappa shape index (κ3) is 2.51. The van der Waals surface area contributed by atoms with E-state index in [-0.39, 0.29) is 0 Å². The number of imidazole rings is 1. The molecular weight excluding hydrogens is 392 g/mol. The lowest BCUT2D eigenvalue weighted by molar-refractivity contribution is 1.08. The van der Waals surface area contributed by atoms with E-state index in [2.05, 4.69) is 75.2 Å². The largest absolute Gasteiger partial charge is 0.276 e. The molecule has 0 unspecified atom stereocenters. The minimum Gasteiger partial charge on any atom is -0.276 e. The van der Waals surface area contributed by atoms with Gasteiger partial charge < -0.3 is 0 Å². The molecule has 0 spiro atoms. The molecule has 30 heavy (non-hydrogen) atoms. The Balaban J connectivity index is 1.79. The highest BCUT2D eigenvalue weighted by atomic mass is 35.5. The molecule has 6 aromatic rings. The van der Waals surface area contributed by atoms with Crippen LogP contribution in [-0.4, -0.2) is 19.5 Å². The van der Waals surface area contributed by atoms with E-state index in [0.29, 0.717) is 16.3 Å². The molecule has 2 heterocycles. The number of benzene rings is 4. The molecule has 4 nitrogen and oxygen atoms in total. The normalized spacial score (nSPS) is 11.5. The Kier molecular flexibility index (Phi) is 3.79. The third-order valence-electron chi connectivity index (χ3n) is 5.44. The maximum Gasteiger partial charge on any atom is 0.169 e. The van der Waals surface area contributed by atoms with Crippen LogP contribution in [-0.2, 0) is 0 Å². The first kappa shape index (κ1) is 17.1. The Hall–Kier alpha value is -3.76. The van der Waals surface area contributed by atoms with Crippen LogP contribution in [0.4, 0.5) is 0 Å². The smallest absolute Gasteiger partial charge is 0.169 e. The van der Waals surface area contributed by atoms with Gasteiger partial charge in [-0.2, -0.15) is 0 Å². The molecule has 0 atom stereocenters. The van der Waals surface area contributed by atoms with E-state index in [1.807, 2.05) is 24.3 Å². The summed E-state index contributed by atoms with van der Waals surface area (Å²) in [6.45, 7) is 0. The Morgan fingerprint density at radius 2 is 1.33 bits per heavy atom. The van der Waals surface area contributed by atoms with E-state index in [4.69, 9.17) is 16.6 Å². The predicted molar refractivity (Wildman–Crippen MR) is 122 cm³/mol. The van der Waals surface area contributed by atoms with Crippen molar-refractivity contribution in [2.75, 3.05) is 0 Å². The zero-order chi connectivity index (χ0) is 20.1. The standard InChI is InChI=1S/C25H15ClN4/c26-23-22-25(28-15-27-23)30(21-14-6-10-17-8-2-4-12-19(17)21)24(29-22)20-13-5-9-16-7-1-3-11-18(16)20/h1-15H. The average molecular weight is 407 g/mol. The minimum atomic E-state index is 0.348. The monoisotopic (exact) mass is 406 g/mol. The van der Waals surface area contributed by atoms with Gasteiger partial charge in [0.1, 0.15) is 17.7 Å². The fourth-order valence-electron chi connectivity index (χ4n) is 4.10. The van der Waals surface area contributed by atoms with Crippen LogP contribution in [0.1, 0.15) is 0 Å². The molecule has 6 rings (SSSR count). The molecule has 0 amide bonds. The summed E-state index contributed by atoms with van der Waals surface area (Å²) in [5.41, 5.74) is 3.31. The van der Waals surface area contributed by atoms with Crippen molar-refractivity contribution in [2.24, 2.45) is 0 Å². The van der Waals surface area contributed by atoms with Crippen LogP contribution in [0.15, 0.2) is 91.3 Å². The summed E-state index contributed by atoms with van der Waals surface area (Å²) in [6.07, 6.45) is 1.49. The molecule has 5 heteroatoms. The molecule has 0 N–H and O–H groups in total. The fourth-order valence-corrected chi connectivity index (χ4v) is 4.27. The van der Waals surface area contributed by atoms with Gasteiger partial charge in [-0.3, -0.25) is 4.57 Å². The van der Waals surface area contributed by atoms with Gasteiger partial charge in [-0.15, -0.1) is 0 Å². The summed E-state index contributed by atoms with van der Waals surface area (Å²) in [4.78, 5) is 13.6. The number of fused-ring (bicyclic) bond motifs is 3. The van der Waals surface area contributed by atoms with Crippen LogP contribution in [0.3, 0.4) is 0 Å². The number of halogens is 1. The van der Waals surface area contributed by atoms with Crippen molar-refractivity contribution in [3.63, 3.8) is 0 Å². The zero-order valence-electron chi connectivity index (χ0n) is 15.8. The van der Waals surface area contributed by atoms with Gasteiger partial charge in [0, 0.05) is 10.9 Å². The molecule has 0 aliphatic heterocycles. The molecule has 2 aromatic heterocycles. The Morgan fingerprint density at radius 3 is 2.17 bits per heavy atom. The van der Waals surface area contributed by atoms with Gasteiger partial charge in [0.2, 0.25) is 0 Å². The van der Waals surface area contributed by atoms with Crippen molar-refractivity contribution in [1.29, 1.82) is 0 Å². The number of hydrogen-bond donors (Lipinski definition) is 0. The quantitative estimate of drug-likeness (QED) is 0.311. The number of rotatable bonds is 2. The molecule has 0 fully saturated rings. The highest BCUT2D eigenvalue weighted by Gasteiger charge is 2.20. The zero-order valence-corrected chi connectivity index (χ0v) is 16.6. The predicted octanol–water partition coefficient (Wildman–Crippen LogP) is 6.44. The lowest BCUT2D eigenvalue weighted by Crippen LogP contribution is -2.00. The van der Waals surface area contributed by atoms with E-state index < -0.39 is 0 Å². The van der Waals surface area contributed by atoms with Gasteiger partial charge in [-0.05, 0) is 22.2 Å². The highest BCUT2D eigenvalue weighted by Crippen LogP contribution is 2.35. The second kappa shape index (κ2) is 6.65. The maximum absolute atomic E-state index is 6.43. The van der Waals surface area contributed by atoms with Crippen LogP contribution >= 0.6 is 11.6 Å². The Morgan fingerprint density at radius 1 is 0.667 bits per heavy atom. The third-order valence-corrected chi connectivity index (χ3v) is 5.71. The van der Waals surface area contributed by atoms with Crippen LogP contribution in [0, 0.1) is 0 Å². The first-order valence-electron chi connectivity index (χ1n) is 9.66. The average Bonchev–Trinajstić information content (AvgIpc) is 3.19. The van der Waals surface area contributed by atoms with E-state index in [0.717, 1.165) is 38.6 Å². The molecule has 4 aromatic carbocycles. The summed E-state index contributed by atoms with van der Waals surface area (Å²) in [7, 11) is 0. The number of nitrogens with zero attached hydrogens (tertiary/aromatic N) is 4. The van der Waals surface area contributed by atoms with Crippen LogP contribution in [0.25, 0.3) is 49.8 Å². The SMILES string of the molecule is Clc1ncnc2c1nc(-c1cccc3ccccc13)n2-c1cccc2ccccc12. The Labute approximate surface area is 177 Å². The Bertz CT molecular complexity index is 1560. The lowest BCUT2D eigenvalue weighted by Gasteiger charge is -2.13. The van der Waals surface area contributed by atoms with E-state index in [1.54, 1.807) is 0 Å². The van der Waals surface area contributed by atoms with Gasteiger partial charge in [-0.1, -0.05) is 90.5 Å². The maximum atomic E-state index is 6.43. The first-order valence-corrected chi connectivity index (χ1v) is 10.0. The van der Waals surface area contributed by atoms with Crippen LogP contribution in [0.5, 0.6) is 0 Å². The molecule has 0 aliphatic rings. The summed E-state index contributed by atoms with van der Waals surface area (Å²) in [5, 5.41) is 4.90. The fraction of sp³-hybridized carbons (Fsp3) is 0.